The molecule has 0 saturated heterocycles. The summed E-state index contributed by atoms with van der Waals surface area (Å²) in [5.41, 5.74) is -0.250. The van der Waals surface area contributed by atoms with Gasteiger partial charge >= 0.3 is 0 Å². The van der Waals surface area contributed by atoms with E-state index in [4.69, 9.17) is 0 Å². The molecule has 0 aliphatic heterocycles. The number of nitrogens with zero attached hydrogens (tertiary/aromatic N) is 1. The van der Waals surface area contributed by atoms with Crippen molar-refractivity contribution in [3.8, 4) is 0 Å². The molecule has 0 aliphatic rings. The molecule has 18 heavy (non-hydrogen) atoms. The number of amides is 1. The smallest absolute Gasteiger partial charge is 0.223 e. The maximum absolute atomic E-state index is 12.3. The summed E-state index contributed by atoms with van der Waals surface area (Å²) >= 11 is 0. The lowest BCUT2D eigenvalue weighted by atomic mass is 9.75. The Balaban J connectivity index is 4.86. The Morgan fingerprint density at radius 1 is 1.17 bits per heavy atom. The average molecular weight is 255 g/mol. The standard InChI is InChI=1S/C15H29NO2/c1-11(2)12(10-17)9-13(18)16(8)15(6,7)14(3,4)5/h10-12H,9H2,1-8H3. The fourth-order valence-electron chi connectivity index (χ4n) is 1.59. The summed E-state index contributed by atoms with van der Waals surface area (Å²) in [6.45, 7) is 14.4. The third kappa shape index (κ3) is 3.82. The monoisotopic (exact) mass is 255 g/mol. The van der Waals surface area contributed by atoms with Gasteiger partial charge in [0.2, 0.25) is 5.91 Å². The molecule has 3 heteroatoms. The van der Waals surface area contributed by atoms with E-state index in [1.165, 1.54) is 0 Å². The predicted molar refractivity (Wildman–Crippen MR) is 75.3 cm³/mol. The highest BCUT2D eigenvalue weighted by Crippen LogP contribution is 2.35. The zero-order valence-electron chi connectivity index (χ0n) is 13.2. The summed E-state index contributed by atoms with van der Waals surface area (Å²) in [4.78, 5) is 25.0. The Morgan fingerprint density at radius 3 is 1.89 bits per heavy atom. The molecule has 0 radical (unpaired) electrons. The van der Waals surface area contributed by atoms with Crippen LogP contribution < -0.4 is 0 Å². The van der Waals surface area contributed by atoms with Crippen molar-refractivity contribution < 1.29 is 9.59 Å². The summed E-state index contributed by atoms with van der Waals surface area (Å²) in [5, 5.41) is 0. The van der Waals surface area contributed by atoms with Crippen molar-refractivity contribution >= 4 is 12.2 Å². The van der Waals surface area contributed by atoms with Gasteiger partial charge in [0.05, 0.1) is 0 Å². The van der Waals surface area contributed by atoms with Gasteiger partial charge in [0.15, 0.2) is 0 Å². The van der Waals surface area contributed by atoms with Gasteiger partial charge in [-0.1, -0.05) is 34.6 Å². The zero-order valence-corrected chi connectivity index (χ0v) is 13.2. The van der Waals surface area contributed by atoms with Crippen molar-refractivity contribution in [2.45, 2.75) is 60.4 Å². The van der Waals surface area contributed by atoms with Gasteiger partial charge in [0.1, 0.15) is 6.29 Å². The summed E-state index contributed by atoms with van der Waals surface area (Å²) in [7, 11) is 1.83. The normalized spacial score (nSPS) is 14.5. The molecule has 1 unspecified atom stereocenters. The zero-order chi connectivity index (χ0) is 14.7. The van der Waals surface area contributed by atoms with Gasteiger partial charge in [-0.05, 0) is 25.2 Å². The molecule has 0 aliphatic carbocycles. The van der Waals surface area contributed by atoms with Crippen molar-refractivity contribution in [2.24, 2.45) is 17.3 Å². The van der Waals surface area contributed by atoms with Crippen molar-refractivity contribution in [2.75, 3.05) is 7.05 Å². The first kappa shape index (κ1) is 17.1. The van der Waals surface area contributed by atoms with Crippen LogP contribution in [0.4, 0.5) is 0 Å². The van der Waals surface area contributed by atoms with Crippen LogP contribution >= 0.6 is 0 Å². The number of aldehydes is 1. The first-order valence-electron chi connectivity index (χ1n) is 6.67. The van der Waals surface area contributed by atoms with E-state index in [1.807, 2.05) is 20.9 Å². The third-order valence-electron chi connectivity index (χ3n) is 4.49. The van der Waals surface area contributed by atoms with E-state index in [0.29, 0.717) is 6.42 Å². The van der Waals surface area contributed by atoms with Crippen molar-refractivity contribution in [1.29, 1.82) is 0 Å². The minimum absolute atomic E-state index is 0.00802. The lowest BCUT2D eigenvalue weighted by Gasteiger charge is -2.46. The first-order chi connectivity index (χ1) is 7.95. The lowest BCUT2D eigenvalue weighted by Crippen LogP contribution is -2.53. The topological polar surface area (TPSA) is 37.4 Å². The summed E-state index contributed by atoms with van der Waals surface area (Å²) in [6, 6.07) is 0. The molecule has 0 bridgehead atoms. The second-order valence-corrected chi connectivity index (χ2v) is 7.01. The Hall–Kier alpha value is -0.860. The largest absolute Gasteiger partial charge is 0.340 e. The van der Waals surface area contributed by atoms with Crippen LogP contribution in [0.15, 0.2) is 0 Å². The van der Waals surface area contributed by atoms with E-state index in [0.717, 1.165) is 6.29 Å². The van der Waals surface area contributed by atoms with Crippen LogP contribution in [0.2, 0.25) is 0 Å². The highest BCUT2D eigenvalue weighted by molar-refractivity contribution is 5.79. The van der Waals surface area contributed by atoms with Crippen LogP contribution in [0.5, 0.6) is 0 Å². The Bertz CT molecular complexity index is 300. The first-order valence-corrected chi connectivity index (χ1v) is 6.67. The lowest BCUT2D eigenvalue weighted by molar-refractivity contribution is -0.141. The molecule has 0 aromatic heterocycles. The maximum atomic E-state index is 12.3. The average Bonchev–Trinajstić information content (AvgIpc) is 2.22. The molecule has 0 aromatic carbocycles. The highest BCUT2D eigenvalue weighted by Gasteiger charge is 2.39. The minimum Gasteiger partial charge on any atom is -0.340 e. The molecule has 0 saturated carbocycles. The Labute approximate surface area is 112 Å². The summed E-state index contributed by atoms with van der Waals surface area (Å²) in [5.74, 6) is 0.0639. The number of hydrogen-bond acceptors (Lipinski definition) is 2. The second-order valence-electron chi connectivity index (χ2n) is 7.01. The van der Waals surface area contributed by atoms with E-state index in [9.17, 15) is 9.59 Å². The van der Waals surface area contributed by atoms with Gasteiger partial charge in [-0.3, -0.25) is 4.79 Å². The molecular formula is C15H29NO2. The number of carbonyl (C=O) groups is 2. The van der Waals surface area contributed by atoms with Crippen LogP contribution in [0.25, 0.3) is 0 Å². The van der Waals surface area contributed by atoms with Crippen LogP contribution in [0.1, 0.15) is 54.9 Å². The fourth-order valence-corrected chi connectivity index (χ4v) is 1.59. The Morgan fingerprint density at radius 2 is 1.61 bits per heavy atom. The molecule has 3 nitrogen and oxygen atoms in total. The predicted octanol–water partition coefficient (Wildman–Crippen LogP) is 3.13. The van der Waals surface area contributed by atoms with Gasteiger partial charge < -0.3 is 9.69 Å². The molecule has 0 spiro atoms. The quantitative estimate of drug-likeness (QED) is 0.708. The Kier molecular flexibility index (Phi) is 5.57. The molecule has 0 heterocycles. The van der Waals surface area contributed by atoms with Gasteiger partial charge in [-0.2, -0.15) is 0 Å². The van der Waals surface area contributed by atoms with Crippen LogP contribution in [0.3, 0.4) is 0 Å². The van der Waals surface area contributed by atoms with E-state index in [1.54, 1.807) is 4.90 Å². The van der Waals surface area contributed by atoms with Crippen LogP contribution in [-0.4, -0.2) is 29.7 Å². The molecule has 1 amide bonds. The summed E-state index contributed by atoms with van der Waals surface area (Å²) in [6.07, 6.45) is 1.21. The van der Waals surface area contributed by atoms with E-state index in [-0.39, 0.29) is 28.7 Å². The summed E-state index contributed by atoms with van der Waals surface area (Å²) < 4.78 is 0. The van der Waals surface area contributed by atoms with Crippen LogP contribution in [-0.2, 0) is 9.59 Å². The number of carbonyl (C=O) groups excluding carboxylic acids is 2. The van der Waals surface area contributed by atoms with Crippen molar-refractivity contribution in [1.82, 2.24) is 4.90 Å². The maximum Gasteiger partial charge on any atom is 0.223 e. The van der Waals surface area contributed by atoms with Gasteiger partial charge in [0.25, 0.3) is 0 Å². The molecule has 106 valence electrons. The minimum atomic E-state index is -0.242. The highest BCUT2D eigenvalue weighted by atomic mass is 16.2. The van der Waals surface area contributed by atoms with Gasteiger partial charge in [0, 0.05) is 24.9 Å². The molecule has 0 rings (SSSR count). The fraction of sp³-hybridized carbons (Fsp3) is 0.867. The molecule has 0 aromatic rings. The third-order valence-corrected chi connectivity index (χ3v) is 4.49. The molecule has 0 fully saturated rings. The van der Waals surface area contributed by atoms with E-state index in [2.05, 4.69) is 34.6 Å². The SMILES string of the molecule is CC(C)C(C=O)CC(=O)N(C)C(C)(C)C(C)(C)C. The van der Waals surface area contributed by atoms with Crippen molar-refractivity contribution in [3.05, 3.63) is 0 Å². The van der Waals surface area contributed by atoms with E-state index < -0.39 is 0 Å². The van der Waals surface area contributed by atoms with E-state index >= 15 is 0 Å². The molecular weight excluding hydrogens is 226 g/mol. The molecule has 0 N–H and O–H groups in total. The number of hydrogen-bond donors (Lipinski definition) is 0. The van der Waals surface area contributed by atoms with Gasteiger partial charge in [-0.25, -0.2) is 0 Å². The van der Waals surface area contributed by atoms with Gasteiger partial charge in [-0.15, -0.1) is 0 Å². The molecule has 1 atom stereocenters. The van der Waals surface area contributed by atoms with Crippen molar-refractivity contribution in [3.63, 3.8) is 0 Å². The van der Waals surface area contributed by atoms with Crippen LogP contribution in [0, 0.1) is 17.3 Å². The number of rotatable bonds is 5. The second kappa shape index (κ2) is 5.85.